The minimum atomic E-state index is 0.294. The van der Waals surface area contributed by atoms with Gasteiger partial charge in [0.05, 0.1) is 20.3 Å². The second kappa shape index (κ2) is 6.53. The summed E-state index contributed by atoms with van der Waals surface area (Å²) in [6, 6.07) is 6.05. The number of aryl methyl sites for hydroxylation is 1. The molecule has 4 heteroatoms. The summed E-state index contributed by atoms with van der Waals surface area (Å²) >= 11 is 0. The lowest BCUT2D eigenvalue weighted by Gasteiger charge is -2.22. The van der Waals surface area contributed by atoms with Crippen molar-refractivity contribution < 1.29 is 14.2 Å². The predicted molar refractivity (Wildman–Crippen MR) is 86.9 cm³/mol. The quantitative estimate of drug-likeness (QED) is 0.864. The molecule has 4 nitrogen and oxygen atoms in total. The summed E-state index contributed by atoms with van der Waals surface area (Å²) in [5.41, 5.74) is 3.16. The third-order valence-corrected chi connectivity index (χ3v) is 4.28. The molecule has 1 aromatic carbocycles. The van der Waals surface area contributed by atoms with Gasteiger partial charge in [-0.1, -0.05) is 0 Å². The molecule has 0 bridgehead atoms. The number of pyridine rings is 1. The largest absolute Gasteiger partial charge is 0.497 e. The number of hydrogen-bond acceptors (Lipinski definition) is 4. The number of aromatic nitrogens is 1. The van der Waals surface area contributed by atoms with Gasteiger partial charge in [0.25, 0.3) is 0 Å². The summed E-state index contributed by atoms with van der Waals surface area (Å²) in [5, 5.41) is 1.07. The average molecular weight is 301 g/mol. The van der Waals surface area contributed by atoms with Crippen LogP contribution in [0, 0.1) is 6.92 Å². The zero-order valence-electron chi connectivity index (χ0n) is 13.5. The zero-order chi connectivity index (χ0) is 15.5. The second-order valence-corrected chi connectivity index (χ2v) is 5.85. The van der Waals surface area contributed by atoms with Crippen LogP contribution in [0.1, 0.15) is 30.5 Å². The molecular weight excluding hydrogens is 278 g/mol. The summed E-state index contributed by atoms with van der Waals surface area (Å²) in [5.74, 6) is 1.54. The lowest BCUT2D eigenvalue weighted by molar-refractivity contribution is 0.0163. The van der Waals surface area contributed by atoms with E-state index in [1.54, 1.807) is 14.2 Å². The molecule has 0 saturated carbocycles. The lowest BCUT2D eigenvalue weighted by atomic mass is 10.0. The van der Waals surface area contributed by atoms with Gasteiger partial charge in [-0.25, -0.2) is 4.98 Å². The van der Waals surface area contributed by atoms with Gasteiger partial charge in [0.2, 0.25) is 0 Å². The molecule has 2 aromatic rings. The van der Waals surface area contributed by atoms with Crippen molar-refractivity contribution in [1.82, 2.24) is 4.98 Å². The summed E-state index contributed by atoms with van der Waals surface area (Å²) in [7, 11) is 3.33. The first-order valence-electron chi connectivity index (χ1n) is 7.85. The first-order valence-corrected chi connectivity index (χ1v) is 7.85. The van der Waals surface area contributed by atoms with Gasteiger partial charge in [-0.05, 0) is 43.9 Å². The summed E-state index contributed by atoms with van der Waals surface area (Å²) in [6.45, 7) is 2.98. The first-order chi connectivity index (χ1) is 10.7. The first kappa shape index (κ1) is 15.1. The van der Waals surface area contributed by atoms with Crippen LogP contribution < -0.4 is 9.47 Å². The highest BCUT2D eigenvalue weighted by Gasteiger charge is 2.17. The highest BCUT2D eigenvalue weighted by Crippen LogP contribution is 2.32. The van der Waals surface area contributed by atoms with Crippen LogP contribution in [-0.2, 0) is 11.2 Å². The molecule has 1 fully saturated rings. The molecular formula is C18H23NO3. The van der Waals surface area contributed by atoms with E-state index in [4.69, 9.17) is 19.2 Å². The van der Waals surface area contributed by atoms with Crippen molar-refractivity contribution in [3.05, 3.63) is 29.5 Å². The molecule has 118 valence electrons. The third kappa shape index (κ3) is 3.02. The maximum Gasteiger partial charge on any atom is 0.148 e. The van der Waals surface area contributed by atoms with Crippen LogP contribution >= 0.6 is 0 Å². The van der Waals surface area contributed by atoms with E-state index >= 15 is 0 Å². The van der Waals surface area contributed by atoms with Crippen molar-refractivity contribution >= 4 is 10.9 Å². The minimum absolute atomic E-state index is 0.294. The maximum atomic E-state index is 5.84. The predicted octanol–water partition coefficient (Wildman–Crippen LogP) is 3.67. The number of ether oxygens (including phenoxy) is 3. The van der Waals surface area contributed by atoms with Crippen molar-refractivity contribution in [3.8, 4) is 11.5 Å². The molecule has 2 heterocycles. The summed E-state index contributed by atoms with van der Waals surface area (Å²) < 4.78 is 16.7. The molecule has 0 amide bonds. The van der Waals surface area contributed by atoms with E-state index in [1.165, 1.54) is 18.4 Å². The van der Waals surface area contributed by atoms with Gasteiger partial charge in [-0.2, -0.15) is 0 Å². The Kier molecular flexibility index (Phi) is 4.48. The Bertz CT molecular complexity index is 663. The Labute approximate surface area is 131 Å². The molecule has 0 radical (unpaired) electrons. The number of fused-ring (bicyclic) bond motifs is 1. The zero-order valence-corrected chi connectivity index (χ0v) is 13.5. The molecule has 0 unspecified atom stereocenters. The Morgan fingerprint density at radius 1 is 1.18 bits per heavy atom. The molecule has 22 heavy (non-hydrogen) atoms. The number of hydrogen-bond donors (Lipinski definition) is 0. The van der Waals surface area contributed by atoms with E-state index in [0.717, 1.165) is 47.5 Å². The molecule has 0 N–H and O–H groups in total. The topological polar surface area (TPSA) is 40.6 Å². The fraction of sp³-hybridized carbons (Fsp3) is 0.500. The van der Waals surface area contributed by atoms with Gasteiger partial charge in [0, 0.05) is 30.2 Å². The molecule has 1 saturated heterocycles. The minimum Gasteiger partial charge on any atom is -0.497 e. The number of benzene rings is 1. The van der Waals surface area contributed by atoms with Crippen LogP contribution in [-0.4, -0.2) is 31.9 Å². The van der Waals surface area contributed by atoms with Crippen molar-refractivity contribution in [1.29, 1.82) is 0 Å². The monoisotopic (exact) mass is 301 g/mol. The number of nitrogens with zero attached hydrogens (tertiary/aromatic N) is 1. The molecule has 3 rings (SSSR count). The average Bonchev–Trinajstić information content (AvgIpc) is 2.55. The van der Waals surface area contributed by atoms with Gasteiger partial charge in [0.15, 0.2) is 0 Å². The van der Waals surface area contributed by atoms with Crippen LogP contribution in [0.4, 0.5) is 0 Å². The highest BCUT2D eigenvalue weighted by molar-refractivity contribution is 5.89. The van der Waals surface area contributed by atoms with E-state index in [-0.39, 0.29) is 0 Å². The van der Waals surface area contributed by atoms with E-state index < -0.39 is 0 Å². The molecule has 1 atom stereocenters. The fourth-order valence-electron chi connectivity index (χ4n) is 3.08. The van der Waals surface area contributed by atoms with Crippen molar-refractivity contribution in [3.63, 3.8) is 0 Å². The van der Waals surface area contributed by atoms with E-state index in [2.05, 4.69) is 13.0 Å². The van der Waals surface area contributed by atoms with Crippen LogP contribution in [0.25, 0.3) is 10.9 Å². The van der Waals surface area contributed by atoms with Gasteiger partial charge < -0.3 is 14.2 Å². The maximum absolute atomic E-state index is 5.84. The highest BCUT2D eigenvalue weighted by atomic mass is 16.5. The van der Waals surface area contributed by atoms with Crippen LogP contribution in [0.2, 0.25) is 0 Å². The van der Waals surface area contributed by atoms with Crippen LogP contribution in [0.5, 0.6) is 11.5 Å². The van der Waals surface area contributed by atoms with Crippen LogP contribution in [0.15, 0.2) is 18.2 Å². The second-order valence-electron chi connectivity index (χ2n) is 5.85. The van der Waals surface area contributed by atoms with Crippen molar-refractivity contribution in [2.75, 3.05) is 20.8 Å². The van der Waals surface area contributed by atoms with Gasteiger partial charge in [0.1, 0.15) is 17.0 Å². The van der Waals surface area contributed by atoms with Crippen molar-refractivity contribution in [2.24, 2.45) is 0 Å². The molecule has 1 aliphatic heterocycles. The lowest BCUT2D eigenvalue weighted by Crippen LogP contribution is -2.21. The standard InChI is InChI=1S/C18H23NO3/c1-12-8-13(9-14-6-4-5-7-22-14)19-18-16(12)10-15(20-2)11-17(18)21-3/h8,10-11,14H,4-7,9H2,1-3H3/t14-/m0/s1. The summed E-state index contributed by atoms with van der Waals surface area (Å²) in [4.78, 5) is 4.82. The number of rotatable bonds is 4. The fourth-order valence-corrected chi connectivity index (χ4v) is 3.08. The number of methoxy groups -OCH3 is 2. The molecule has 0 spiro atoms. The Balaban J connectivity index is 1.99. The normalized spacial score (nSPS) is 18.4. The van der Waals surface area contributed by atoms with E-state index in [0.29, 0.717) is 6.10 Å². The van der Waals surface area contributed by atoms with Gasteiger partial charge in [-0.3, -0.25) is 0 Å². The molecule has 0 aliphatic carbocycles. The summed E-state index contributed by atoms with van der Waals surface area (Å²) in [6.07, 6.45) is 4.71. The van der Waals surface area contributed by atoms with Crippen LogP contribution in [0.3, 0.4) is 0 Å². The Morgan fingerprint density at radius 3 is 2.73 bits per heavy atom. The van der Waals surface area contributed by atoms with Gasteiger partial charge >= 0.3 is 0 Å². The SMILES string of the molecule is COc1cc(OC)c2nc(C[C@@H]3CCCCO3)cc(C)c2c1. The van der Waals surface area contributed by atoms with E-state index in [1.807, 2.05) is 12.1 Å². The Morgan fingerprint density at radius 2 is 2.05 bits per heavy atom. The van der Waals surface area contributed by atoms with E-state index in [9.17, 15) is 0 Å². The molecule has 1 aromatic heterocycles. The molecule has 1 aliphatic rings. The van der Waals surface area contributed by atoms with Gasteiger partial charge in [-0.15, -0.1) is 0 Å². The van der Waals surface area contributed by atoms with Crippen molar-refractivity contribution in [2.45, 2.75) is 38.7 Å². The Hall–Kier alpha value is -1.81. The third-order valence-electron chi connectivity index (χ3n) is 4.28. The smallest absolute Gasteiger partial charge is 0.148 e.